The number of rotatable bonds is 6. The summed E-state index contributed by atoms with van der Waals surface area (Å²) in [5.74, 6) is 0.755. The number of phenols is 1. The van der Waals surface area contributed by atoms with Crippen molar-refractivity contribution in [2.45, 2.75) is 32.4 Å². The molecule has 1 atom stereocenters. The lowest BCUT2D eigenvalue weighted by molar-refractivity contribution is 0.143. The van der Waals surface area contributed by atoms with Gasteiger partial charge < -0.3 is 25.4 Å². The molecule has 7 nitrogen and oxygen atoms in total. The standard InChI is InChI=1S/C23H29N5O2/c1-4-17(13-27(2)3)30-23-25-20-14-28(10-9-19(20)22(24)26-23)21-12-16(29)11-15-7-5-6-8-18(15)21/h5-8,11-12,17,29H,4,9-10,13-14H2,1-3H3,(H2,24,25,26)/t17-/m1/s1. The van der Waals surface area contributed by atoms with Crippen LogP contribution in [0.15, 0.2) is 36.4 Å². The zero-order valence-electron chi connectivity index (χ0n) is 17.8. The molecule has 1 aliphatic rings. The van der Waals surface area contributed by atoms with Crippen molar-refractivity contribution in [1.82, 2.24) is 14.9 Å². The molecule has 2 aromatic carbocycles. The lowest BCUT2D eigenvalue weighted by Gasteiger charge is -2.31. The van der Waals surface area contributed by atoms with Gasteiger partial charge in [0.15, 0.2) is 0 Å². The maximum atomic E-state index is 10.2. The molecule has 0 unspecified atom stereocenters. The van der Waals surface area contributed by atoms with Crippen LogP contribution in [0.3, 0.4) is 0 Å². The summed E-state index contributed by atoms with van der Waals surface area (Å²) in [4.78, 5) is 13.4. The molecule has 0 aliphatic carbocycles. The Morgan fingerprint density at radius 3 is 2.80 bits per heavy atom. The molecule has 0 saturated carbocycles. The van der Waals surface area contributed by atoms with E-state index in [9.17, 15) is 5.11 Å². The molecular formula is C23H29N5O2. The van der Waals surface area contributed by atoms with Crippen LogP contribution < -0.4 is 15.4 Å². The van der Waals surface area contributed by atoms with Gasteiger partial charge >= 0.3 is 6.01 Å². The van der Waals surface area contributed by atoms with E-state index >= 15 is 0 Å². The highest BCUT2D eigenvalue weighted by Crippen LogP contribution is 2.35. The Kier molecular flexibility index (Phi) is 5.63. The monoisotopic (exact) mass is 407 g/mol. The Labute approximate surface area is 177 Å². The topological polar surface area (TPSA) is 87.7 Å². The van der Waals surface area contributed by atoms with Gasteiger partial charge in [0.25, 0.3) is 0 Å². The number of aromatic nitrogens is 2. The molecule has 1 aromatic heterocycles. The number of hydrogen-bond donors (Lipinski definition) is 2. The molecule has 30 heavy (non-hydrogen) atoms. The molecule has 1 aliphatic heterocycles. The van der Waals surface area contributed by atoms with Crippen molar-refractivity contribution < 1.29 is 9.84 Å². The minimum absolute atomic E-state index is 0.00663. The number of phenolic OH excluding ortho intramolecular Hbond substituents is 1. The number of likely N-dealkylation sites (N-methyl/N-ethyl adjacent to an activating group) is 1. The molecular weight excluding hydrogens is 378 g/mol. The fraction of sp³-hybridized carbons (Fsp3) is 0.391. The quantitative estimate of drug-likeness (QED) is 0.649. The van der Waals surface area contributed by atoms with E-state index in [-0.39, 0.29) is 11.9 Å². The highest BCUT2D eigenvalue weighted by molar-refractivity contribution is 5.95. The number of anilines is 2. The first-order valence-corrected chi connectivity index (χ1v) is 10.4. The van der Waals surface area contributed by atoms with Crippen LogP contribution in [0.25, 0.3) is 10.8 Å². The summed E-state index contributed by atoms with van der Waals surface area (Å²) in [6.45, 7) is 4.26. The third-order valence-corrected chi connectivity index (χ3v) is 5.54. The third-order valence-electron chi connectivity index (χ3n) is 5.54. The first-order chi connectivity index (χ1) is 14.4. The Morgan fingerprint density at radius 2 is 2.03 bits per heavy atom. The van der Waals surface area contributed by atoms with E-state index in [1.54, 1.807) is 6.07 Å². The lowest BCUT2D eigenvalue weighted by Crippen LogP contribution is -2.33. The van der Waals surface area contributed by atoms with Crippen LogP contribution in [0.4, 0.5) is 11.5 Å². The summed E-state index contributed by atoms with van der Waals surface area (Å²) in [6, 6.07) is 12.0. The predicted molar refractivity (Wildman–Crippen MR) is 120 cm³/mol. The molecule has 0 spiro atoms. The Morgan fingerprint density at radius 1 is 1.23 bits per heavy atom. The summed E-state index contributed by atoms with van der Waals surface area (Å²) in [5, 5.41) is 12.3. The van der Waals surface area contributed by atoms with Gasteiger partial charge in [0.1, 0.15) is 17.7 Å². The molecule has 3 N–H and O–H groups in total. The number of ether oxygens (including phenoxy) is 1. The van der Waals surface area contributed by atoms with Crippen LogP contribution in [0.5, 0.6) is 11.8 Å². The summed E-state index contributed by atoms with van der Waals surface area (Å²) in [6.07, 6.45) is 1.62. The van der Waals surface area contributed by atoms with Gasteiger partial charge in [0.05, 0.1) is 12.2 Å². The fourth-order valence-corrected chi connectivity index (χ4v) is 4.04. The molecule has 4 rings (SSSR count). The summed E-state index contributed by atoms with van der Waals surface area (Å²) in [5.41, 5.74) is 9.13. The van der Waals surface area contributed by atoms with Gasteiger partial charge in [-0.15, -0.1) is 0 Å². The Balaban J connectivity index is 1.64. The molecule has 2 heterocycles. The molecule has 0 saturated heterocycles. The van der Waals surface area contributed by atoms with Gasteiger partial charge in [-0.25, -0.2) is 0 Å². The molecule has 0 amide bonds. The first kappa shape index (κ1) is 20.2. The van der Waals surface area contributed by atoms with E-state index in [1.165, 1.54) is 0 Å². The second kappa shape index (κ2) is 8.36. The average Bonchev–Trinajstić information content (AvgIpc) is 2.71. The van der Waals surface area contributed by atoms with E-state index in [4.69, 9.17) is 15.5 Å². The largest absolute Gasteiger partial charge is 0.508 e. The van der Waals surface area contributed by atoms with Crippen molar-refractivity contribution in [3.05, 3.63) is 47.7 Å². The SMILES string of the molecule is CC[C@H](CN(C)C)Oc1nc(N)c2c(n1)CN(c1cc(O)cc3ccccc13)CC2. The summed E-state index contributed by atoms with van der Waals surface area (Å²) in [7, 11) is 4.04. The molecule has 0 radical (unpaired) electrons. The van der Waals surface area contributed by atoms with Crippen molar-refractivity contribution in [1.29, 1.82) is 0 Å². The molecule has 0 bridgehead atoms. The van der Waals surface area contributed by atoms with Crippen LogP contribution in [0.2, 0.25) is 0 Å². The van der Waals surface area contributed by atoms with Gasteiger partial charge in [-0.05, 0) is 38.4 Å². The van der Waals surface area contributed by atoms with Crippen molar-refractivity contribution in [2.24, 2.45) is 0 Å². The van der Waals surface area contributed by atoms with Crippen LogP contribution in [-0.4, -0.2) is 53.3 Å². The fourth-order valence-electron chi connectivity index (χ4n) is 4.04. The number of nitrogen functional groups attached to an aromatic ring is 1. The van der Waals surface area contributed by atoms with Gasteiger partial charge in [-0.1, -0.05) is 31.2 Å². The second-order valence-corrected chi connectivity index (χ2v) is 8.08. The molecule has 158 valence electrons. The van der Waals surface area contributed by atoms with Crippen molar-refractivity contribution in [3.63, 3.8) is 0 Å². The van der Waals surface area contributed by atoms with Crippen LogP contribution in [0, 0.1) is 0 Å². The zero-order valence-corrected chi connectivity index (χ0v) is 17.8. The van der Waals surface area contributed by atoms with Crippen LogP contribution in [0.1, 0.15) is 24.6 Å². The van der Waals surface area contributed by atoms with Gasteiger partial charge in [-0.3, -0.25) is 0 Å². The minimum Gasteiger partial charge on any atom is -0.508 e. The average molecular weight is 408 g/mol. The van der Waals surface area contributed by atoms with E-state index in [2.05, 4.69) is 27.8 Å². The number of nitrogens with zero attached hydrogens (tertiary/aromatic N) is 4. The summed E-state index contributed by atoms with van der Waals surface area (Å²) < 4.78 is 6.05. The minimum atomic E-state index is 0.00663. The van der Waals surface area contributed by atoms with Crippen LogP contribution in [-0.2, 0) is 13.0 Å². The van der Waals surface area contributed by atoms with E-state index in [1.807, 2.05) is 38.4 Å². The summed E-state index contributed by atoms with van der Waals surface area (Å²) >= 11 is 0. The maximum absolute atomic E-state index is 10.2. The van der Waals surface area contributed by atoms with E-state index in [0.717, 1.165) is 53.6 Å². The van der Waals surface area contributed by atoms with Gasteiger partial charge in [0, 0.05) is 35.8 Å². The second-order valence-electron chi connectivity index (χ2n) is 8.08. The highest BCUT2D eigenvalue weighted by atomic mass is 16.5. The Hall–Kier alpha value is -3.06. The first-order valence-electron chi connectivity index (χ1n) is 10.4. The normalized spacial score (nSPS) is 14.7. The van der Waals surface area contributed by atoms with Crippen molar-refractivity contribution in [3.8, 4) is 11.8 Å². The number of aromatic hydroxyl groups is 1. The number of benzene rings is 2. The van der Waals surface area contributed by atoms with E-state index < -0.39 is 0 Å². The van der Waals surface area contributed by atoms with Gasteiger partial charge in [0.2, 0.25) is 0 Å². The number of hydrogen-bond acceptors (Lipinski definition) is 7. The third kappa shape index (κ3) is 4.11. The van der Waals surface area contributed by atoms with Gasteiger partial charge in [-0.2, -0.15) is 9.97 Å². The zero-order chi connectivity index (χ0) is 21.3. The maximum Gasteiger partial charge on any atom is 0.318 e. The van der Waals surface area contributed by atoms with E-state index in [0.29, 0.717) is 18.4 Å². The van der Waals surface area contributed by atoms with Crippen molar-refractivity contribution >= 4 is 22.3 Å². The van der Waals surface area contributed by atoms with Crippen LogP contribution >= 0.6 is 0 Å². The number of nitrogens with two attached hydrogens (primary N) is 1. The Bertz CT molecular complexity index is 1050. The molecule has 7 heteroatoms. The molecule has 3 aromatic rings. The lowest BCUT2D eigenvalue weighted by atomic mass is 10.0. The smallest absolute Gasteiger partial charge is 0.318 e. The number of fused-ring (bicyclic) bond motifs is 2. The highest BCUT2D eigenvalue weighted by Gasteiger charge is 2.24. The molecule has 0 fully saturated rings. The predicted octanol–water partition coefficient (Wildman–Crippen LogP) is 3.20. The van der Waals surface area contributed by atoms with Crippen molar-refractivity contribution in [2.75, 3.05) is 37.8 Å².